The average molecular weight is 265 g/mol. The van der Waals surface area contributed by atoms with Crippen molar-refractivity contribution in [2.75, 3.05) is 27.3 Å². The maximum atomic E-state index is 10.1. The lowest BCUT2D eigenvalue weighted by Gasteiger charge is -2.27. The van der Waals surface area contributed by atoms with Gasteiger partial charge in [-0.15, -0.1) is 0 Å². The van der Waals surface area contributed by atoms with Crippen molar-refractivity contribution in [3.05, 3.63) is 23.8 Å². The Bertz CT molecular complexity index is 402. The number of aromatic hydroxyl groups is 1. The monoisotopic (exact) mass is 265 g/mol. The molecule has 0 spiro atoms. The second-order valence-electron chi connectivity index (χ2n) is 5.15. The summed E-state index contributed by atoms with van der Waals surface area (Å²) in [5, 5.41) is 10.1. The molecule has 4 heteroatoms. The van der Waals surface area contributed by atoms with Crippen molar-refractivity contribution in [2.24, 2.45) is 0 Å². The van der Waals surface area contributed by atoms with Gasteiger partial charge in [-0.05, 0) is 32.4 Å². The van der Waals surface area contributed by atoms with Crippen LogP contribution in [0.15, 0.2) is 18.2 Å². The first-order chi connectivity index (χ1) is 9.20. The highest BCUT2D eigenvalue weighted by atomic mass is 16.5. The minimum atomic E-state index is 0.237. The lowest BCUT2D eigenvalue weighted by molar-refractivity contribution is -0.00268. The van der Waals surface area contributed by atoms with E-state index in [0.29, 0.717) is 18.4 Å². The van der Waals surface area contributed by atoms with E-state index in [1.165, 1.54) is 12.8 Å². The number of nitrogens with zero attached hydrogens (tertiary/aromatic N) is 1. The molecule has 0 radical (unpaired) electrons. The number of hydrogen-bond acceptors (Lipinski definition) is 4. The van der Waals surface area contributed by atoms with Crippen LogP contribution in [0.3, 0.4) is 0 Å². The van der Waals surface area contributed by atoms with Gasteiger partial charge in [-0.3, -0.25) is 4.90 Å². The minimum absolute atomic E-state index is 0.237. The van der Waals surface area contributed by atoms with Gasteiger partial charge in [0.25, 0.3) is 0 Å². The normalized spacial score (nSPS) is 19.6. The summed E-state index contributed by atoms with van der Waals surface area (Å²) in [6.45, 7) is 2.47. The van der Waals surface area contributed by atoms with E-state index in [2.05, 4.69) is 11.9 Å². The first kappa shape index (κ1) is 14.2. The Morgan fingerprint density at radius 2 is 2.26 bits per heavy atom. The molecule has 1 N–H and O–H groups in total. The Morgan fingerprint density at radius 1 is 1.42 bits per heavy atom. The highest BCUT2D eigenvalue weighted by molar-refractivity contribution is 5.45. The van der Waals surface area contributed by atoms with Crippen LogP contribution in [0.4, 0.5) is 0 Å². The lowest BCUT2D eigenvalue weighted by Crippen LogP contribution is -2.33. The van der Waals surface area contributed by atoms with E-state index in [9.17, 15) is 5.11 Å². The second-order valence-corrected chi connectivity index (χ2v) is 5.15. The second kappa shape index (κ2) is 6.78. The van der Waals surface area contributed by atoms with Crippen molar-refractivity contribution in [1.29, 1.82) is 0 Å². The molecule has 1 aromatic rings. The summed E-state index contributed by atoms with van der Waals surface area (Å²) < 4.78 is 10.9. The predicted octanol–water partition coefficient (Wildman–Crippen LogP) is 2.40. The van der Waals surface area contributed by atoms with Gasteiger partial charge in [0.15, 0.2) is 11.5 Å². The van der Waals surface area contributed by atoms with Gasteiger partial charge in [-0.1, -0.05) is 12.1 Å². The van der Waals surface area contributed by atoms with Gasteiger partial charge in [-0.25, -0.2) is 0 Å². The van der Waals surface area contributed by atoms with Gasteiger partial charge in [0, 0.05) is 25.3 Å². The Kier molecular flexibility index (Phi) is 5.05. The maximum Gasteiger partial charge on any atom is 0.162 e. The van der Waals surface area contributed by atoms with Crippen LogP contribution in [0.5, 0.6) is 11.5 Å². The largest absolute Gasteiger partial charge is 0.504 e. The Hall–Kier alpha value is -1.26. The van der Waals surface area contributed by atoms with Gasteiger partial charge in [0.2, 0.25) is 0 Å². The summed E-state index contributed by atoms with van der Waals surface area (Å²) in [5.74, 6) is 0.765. The molecule has 2 rings (SSSR count). The molecule has 19 heavy (non-hydrogen) atoms. The number of likely N-dealkylation sites (N-methyl/N-ethyl adjacent to an activating group) is 1. The van der Waals surface area contributed by atoms with E-state index in [4.69, 9.17) is 9.47 Å². The Balaban J connectivity index is 1.92. The molecule has 1 unspecified atom stereocenters. The molecule has 4 nitrogen and oxygen atoms in total. The average Bonchev–Trinajstić information content (AvgIpc) is 2.42. The van der Waals surface area contributed by atoms with Crippen molar-refractivity contribution in [3.63, 3.8) is 0 Å². The molecule has 1 heterocycles. The summed E-state index contributed by atoms with van der Waals surface area (Å²) >= 11 is 0. The van der Waals surface area contributed by atoms with Gasteiger partial charge in [0.1, 0.15) is 0 Å². The lowest BCUT2D eigenvalue weighted by atomic mass is 10.1. The summed E-state index contributed by atoms with van der Waals surface area (Å²) in [4.78, 5) is 2.18. The molecule has 0 aromatic heterocycles. The van der Waals surface area contributed by atoms with Gasteiger partial charge in [0.05, 0.1) is 13.2 Å². The summed E-state index contributed by atoms with van der Waals surface area (Å²) in [7, 11) is 3.62. The molecule has 0 aliphatic carbocycles. The number of benzene rings is 1. The van der Waals surface area contributed by atoms with Crippen molar-refractivity contribution in [3.8, 4) is 11.5 Å². The molecule has 0 amide bonds. The van der Waals surface area contributed by atoms with Crippen LogP contribution in [0.25, 0.3) is 0 Å². The molecule has 1 aliphatic rings. The van der Waals surface area contributed by atoms with Crippen LogP contribution in [0.1, 0.15) is 24.8 Å². The van der Waals surface area contributed by atoms with Crippen molar-refractivity contribution in [2.45, 2.75) is 31.9 Å². The van der Waals surface area contributed by atoms with Crippen LogP contribution >= 0.6 is 0 Å². The van der Waals surface area contributed by atoms with E-state index >= 15 is 0 Å². The Labute approximate surface area is 114 Å². The van der Waals surface area contributed by atoms with Crippen LogP contribution in [-0.4, -0.2) is 43.4 Å². The zero-order chi connectivity index (χ0) is 13.7. The molecule has 1 aromatic carbocycles. The smallest absolute Gasteiger partial charge is 0.162 e. The number of hydrogen-bond donors (Lipinski definition) is 1. The number of ether oxygens (including phenoxy) is 2. The third-order valence-corrected chi connectivity index (χ3v) is 3.53. The van der Waals surface area contributed by atoms with Crippen LogP contribution in [-0.2, 0) is 11.3 Å². The first-order valence-corrected chi connectivity index (χ1v) is 6.85. The number of rotatable bonds is 5. The molecular formula is C15H23NO3. The molecule has 0 bridgehead atoms. The highest BCUT2D eigenvalue weighted by Crippen LogP contribution is 2.30. The number of methoxy groups -OCH3 is 1. The van der Waals surface area contributed by atoms with Crippen LogP contribution in [0.2, 0.25) is 0 Å². The maximum absolute atomic E-state index is 10.1. The molecule has 1 fully saturated rings. The van der Waals surface area contributed by atoms with E-state index in [1.807, 2.05) is 12.1 Å². The molecule has 106 valence electrons. The van der Waals surface area contributed by atoms with E-state index in [-0.39, 0.29) is 5.75 Å². The SMILES string of the molecule is COc1cccc(CN(C)CC2CCCCO2)c1O. The summed E-state index contributed by atoms with van der Waals surface area (Å²) in [6.07, 6.45) is 3.89. The third kappa shape index (κ3) is 3.85. The summed E-state index contributed by atoms with van der Waals surface area (Å²) in [6, 6.07) is 5.60. The number of para-hydroxylation sites is 1. The summed E-state index contributed by atoms with van der Waals surface area (Å²) in [5.41, 5.74) is 0.887. The van der Waals surface area contributed by atoms with Gasteiger partial charge in [-0.2, -0.15) is 0 Å². The zero-order valence-corrected chi connectivity index (χ0v) is 11.8. The number of phenols is 1. The standard InChI is InChI=1S/C15H23NO3/c1-16(11-13-7-3-4-9-19-13)10-12-6-5-8-14(18-2)15(12)17/h5-6,8,13,17H,3-4,7,9-11H2,1-2H3. The molecule has 1 saturated heterocycles. The van der Waals surface area contributed by atoms with E-state index in [0.717, 1.165) is 25.1 Å². The highest BCUT2D eigenvalue weighted by Gasteiger charge is 2.17. The fourth-order valence-electron chi connectivity index (χ4n) is 2.51. The van der Waals surface area contributed by atoms with Gasteiger partial charge >= 0.3 is 0 Å². The quantitative estimate of drug-likeness (QED) is 0.887. The van der Waals surface area contributed by atoms with Crippen molar-refractivity contribution >= 4 is 0 Å². The van der Waals surface area contributed by atoms with Crippen molar-refractivity contribution < 1.29 is 14.6 Å². The molecule has 1 aliphatic heterocycles. The Morgan fingerprint density at radius 3 is 2.95 bits per heavy atom. The van der Waals surface area contributed by atoms with E-state index in [1.54, 1.807) is 13.2 Å². The van der Waals surface area contributed by atoms with Crippen LogP contribution < -0.4 is 4.74 Å². The van der Waals surface area contributed by atoms with Gasteiger partial charge < -0.3 is 14.6 Å². The molecule has 1 atom stereocenters. The zero-order valence-electron chi connectivity index (χ0n) is 11.8. The molecular weight excluding hydrogens is 242 g/mol. The topological polar surface area (TPSA) is 41.9 Å². The minimum Gasteiger partial charge on any atom is -0.504 e. The van der Waals surface area contributed by atoms with Crippen LogP contribution in [0, 0.1) is 0 Å². The fraction of sp³-hybridized carbons (Fsp3) is 0.600. The van der Waals surface area contributed by atoms with E-state index < -0.39 is 0 Å². The first-order valence-electron chi connectivity index (χ1n) is 6.85. The third-order valence-electron chi connectivity index (χ3n) is 3.53. The fourth-order valence-corrected chi connectivity index (χ4v) is 2.51. The molecule has 0 saturated carbocycles. The predicted molar refractivity (Wildman–Crippen MR) is 74.6 cm³/mol. The van der Waals surface area contributed by atoms with Crippen molar-refractivity contribution in [1.82, 2.24) is 4.90 Å². The number of phenolic OH excluding ortho intramolecular Hbond substituents is 1.